The number of nitrogens with zero attached hydrogens (tertiary/aromatic N) is 1. The summed E-state index contributed by atoms with van der Waals surface area (Å²) in [6, 6.07) is 24.2. The van der Waals surface area contributed by atoms with E-state index in [2.05, 4.69) is 6.07 Å². The van der Waals surface area contributed by atoms with E-state index >= 15 is 0 Å². The number of carbonyl (C=O) groups excluding carboxylic acids is 1. The standard InChI is InChI=1S/C33H22F2N2O5/c1-18-26-14-22(35)8-13-28(26)41-31(18)33(38)40-24-11-12-25-29(15-24)42-32(37)27(16-36)30(25)20-4-9-23(10-5-20)39-17-19-2-6-21(34)7-3-19/h2-15,30H,17,37H2,1H3. The van der Waals surface area contributed by atoms with Gasteiger partial charge in [-0.25, -0.2) is 13.6 Å². The molecule has 0 aliphatic carbocycles. The van der Waals surface area contributed by atoms with Crippen molar-refractivity contribution >= 4 is 16.9 Å². The van der Waals surface area contributed by atoms with E-state index in [1.807, 2.05) is 12.1 Å². The quantitative estimate of drug-likeness (QED) is 0.174. The van der Waals surface area contributed by atoms with Crippen LogP contribution in [0.15, 0.2) is 101 Å². The van der Waals surface area contributed by atoms with Gasteiger partial charge in [-0.2, -0.15) is 5.26 Å². The van der Waals surface area contributed by atoms with Gasteiger partial charge in [0.05, 0.1) is 5.92 Å². The van der Waals surface area contributed by atoms with Crippen LogP contribution in [0.2, 0.25) is 0 Å². The number of furan rings is 1. The molecule has 0 saturated heterocycles. The van der Waals surface area contributed by atoms with Crippen molar-refractivity contribution in [2.24, 2.45) is 5.73 Å². The summed E-state index contributed by atoms with van der Waals surface area (Å²) in [5.41, 5.74) is 9.43. The summed E-state index contributed by atoms with van der Waals surface area (Å²) in [5.74, 6) is -1.08. The number of nitriles is 1. The lowest BCUT2D eigenvalue weighted by molar-refractivity contribution is 0.0702. The van der Waals surface area contributed by atoms with E-state index in [-0.39, 0.29) is 35.4 Å². The second-order valence-corrected chi connectivity index (χ2v) is 9.69. The minimum absolute atomic E-state index is 0.0416. The Hall–Kier alpha value is -5.62. The number of halogens is 2. The normalized spacial score (nSPS) is 14.2. The molecule has 5 aromatic rings. The molecule has 0 radical (unpaired) electrons. The third-order valence-corrected chi connectivity index (χ3v) is 7.02. The number of nitrogens with two attached hydrogens (primary N) is 1. The lowest BCUT2D eigenvalue weighted by Crippen LogP contribution is -2.21. The van der Waals surface area contributed by atoms with Crippen molar-refractivity contribution in [1.82, 2.24) is 0 Å². The Bertz CT molecular complexity index is 1900. The van der Waals surface area contributed by atoms with Crippen LogP contribution < -0.4 is 19.9 Å². The van der Waals surface area contributed by atoms with E-state index in [0.717, 1.165) is 11.1 Å². The number of hydrogen-bond donors (Lipinski definition) is 1. The minimum atomic E-state index is -0.756. The van der Waals surface area contributed by atoms with Gasteiger partial charge in [0.25, 0.3) is 0 Å². The average molecular weight is 565 g/mol. The summed E-state index contributed by atoms with van der Waals surface area (Å²) in [6.45, 7) is 1.92. The zero-order valence-corrected chi connectivity index (χ0v) is 22.2. The predicted octanol–water partition coefficient (Wildman–Crippen LogP) is 7.04. The summed E-state index contributed by atoms with van der Waals surface area (Å²) < 4.78 is 49.6. The van der Waals surface area contributed by atoms with Crippen molar-refractivity contribution in [1.29, 1.82) is 5.26 Å². The van der Waals surface area contributed by atoms with Crippen molar-refractivity contribution in [3.05, 3.63) is 136 Å². The fourth-order valence-corrected chi connectivity index (χ4v) is 4.89. The molecule has 0 amide bonds. The van der Waals surface area contributed by atoms with Crippen LogP contribution in [0.1, 0.15) is 38.7 Å². The van der Waals surface area contributed by atoms with Crippen LogP contribution in [0.3, 0.4) is 0 Å². The number of allylic oxidation sites excluding steroid dienone is 1. The largest absolute Gasteiger partial charge is 0.489 e. The molecule has 208 valence electrons. The third-order valence-electron chi connectivity index (χ3n) is 7.02. The van der Waals surface area contributed by atoms with E-state index in [4.69, 9.17) is 24.4 Å². The fraction of sp³-hybridized carbons (Fsp3) is 0.0909. The number of hydrogen-bond acceptors (Lipinski definition) is 7. The van der Waals surface area contributed by atoms with Crippen molar-refractivity contribution in [2.45, 2.75) is 19.4 Å². The van der Waals surface area contributed by atoms with Crippen molar-refractivity contribution in [3.8, 4) is 23.3 Å². The van der Waals surface area contributed by atoms with Crippen LogP contribution in [0.5, 0.6) is 17.2 Å². The summed E-state index contributed by atoms with van der Waals surface area (Å²) >= 11 is 0. The Kier molecular flexibility index (Phi) is 6.80. The number of aryl methyl sites for hydroxylation is 1. The molecule has 0 spiro atoms. The summed E-state index contributed by atoms with van der Waals surface area (Å²) in [4.78, 5) is 12.9. The van der Waals surface area contributed by atoms with Gasteiger partial charge < -0.3 is 24.4 Å². The summed E-state index contributed by atoms with van der Waals surface area (Å²) in [7, 11) is 0. The smallest absolute Gasteiger partial charge is 0.379 e. The molecule has 1 aliphatic rings. The lowest BCUT2D eigenvalue weighted by Gasteiger charge is -2.26. The zero-order valence-electron chi connectivity index (χ0n) is 22.2. The van der Waals surface area contributed by atoms with Crippen LogP contribution in [0, 0.1) is 29.9 Å². The zero-order chi connectivity index (χ0) is 29.4. The molecule has 9 heteroatoms. The topological polar surface area (TPSA) is 108 Å². The highest BCUT2D eigenvalue weighted by Crippen LogP contribution is 2.44. The highest BCUT2D eigenvalue weighted by molar-refractivity contribution is 5.96. The van der Waals surface area contributed by atoms with Gasteiger partial charge >= 0.3 is 5.97 Å². The molecule has 2 N–H and O–H groups in total. The van der Waals surface area contributed by atoms with E-state index in [9.17, 15) is 18.8 Å². The lowest BCUT2D eigenvalue weighted by atomic mass is 9.83. The maximum Gasteiger partial charge on any atom is 0.379 e. The molecule has 2 heterocycles. The average Bonchev–Trinajstić information content (AvgIpc) is 3.32. The van der Waals surface area contributed by atoms with E-state index in [1.54, 1.807) is 43.3 Å². The molecule has 4 aromatic carbocycles. The Morgan fingerprint density at radius 2 is 1.67 bits per heavy atom. The van der Waals surface area contributed by atoms with Crippen LogP contribution in [0.25, 0.3) is 11.0 Å². The number of benzene rings is 4. The van der Waals surface area contributed by atoms with Crippen LogP contribution in [-0.2, 0) is 6.61 Å². The van der Waals surface area contributed by atoms with E-state index in [0.29, 0.717) is 33.6 Å². The summed E-state index contributed by atoms with van der Waals surface area (Å²) in [5, 5.41) is 10.4. The van der Waals surface area contributed by atoms with Crippen molar-refractivity contribution in [2.75, 3.05) is 0 Å². The highest BCUT2D eigenvalue weighted by Gasteiger charge is 2.31. The Labute approximate surface area is 239 Å². The second kappa shape index (κ2) is 10.7. The predicted molar refractivity (Wildman–Crippen MR) is 149 cm³/mol. The SMILES string of the molecule is Cc1c(C(=O)Oc2ccc3c(c2)OC(N)=C(C#N)C3c2ccc(OCc3ccc(F)cc3)cc2)oc2ccc(F)cc12. The van der Waals surface area contributed by atoms with Crippen LogP contribution in [-0.4, -0.2) is 5.97 Å². The molecule has 1 aliphatic heterocycles. The van der Waals surface area contributed by atoms with Gasteiger partial charge in [0.15, 0.2) is 0 Å². The molecule has 1 aromatic heterocycles. The van der Waals surface area contributed by atoms with E-state index in [1.165, 1.54) is 36.4 Å². The first-order valence-electron chi connectivity index (χ1n) is 12.9. The molecule has 6 rings (SSSR count). The second-order valence-electron chi connectivity index (χ2n) is 9.69. The van der Waals surface area contributed by atoms with Gasteiger partial charge in [0, 0.05) is 22.6 Å². The van der Waals surface area contributed by atoms with Crippen LogP contribution >= 0.6 is 0 Å². The van der Waals surface area contributed by atoms with Gasteiger partial charge in [-0.1, -0.05) is 30.3 Å². The highest BCUT2D eigenvalue weighted by atomic mass is 19.1. The molecule has 1 unspecified atom stereocenters. The molecule has 0 bridgehead atoms. The van der Waals surface area contributed by atoms with Crippen molar-refractivity contribution in [3.63, 3.8) is 0 Å². The van der Waals surface area contributed by atoms with Gasteiger partial charge in [-0.3, -0.25) is 0 Å². The first-order valence-corrected chi connectivity index (χ1v) is 12.9. The molecule has 1 atom stereocenters. The number of ether oxygens (including phenoxy) is 3. The van der Waals surface area contributed by atoms with Crippen molar-refractivity contribution < 1.29 is 32.2 Å². The summed E-state index contributed by atoms with van der Waals surface area (Å²) in [6.07, 6.45) is 0. The molecule has 0 fully saturated rings. The first kappa shape index (κ1) is 26.6. The number of fused-ring (bicyclic) bond motifs is 2. The van der Waals surface area contributed by atoms with Crippen LogP contribution in [0.4, 0.5) is 8.78 Å². The molecule has 0 saturated carbocycles. The van der Waals surface area contributed by atoms with Gasteiger partial charge in [-0.15, -0.1) is 0 Å². The maximum absolute atomic E-state index is 13.7. The van der Waals surface area contributed by atoms with Gasteiger partial charge in [-0.05, 0) is 66.6 Å². The molecule has 7 nitrogen and oxygen atoms in total. The first-order chi connectivity index (χ1) is 20.3. The maximum atomic E-state index is 13.7. The molecule has 42 heavy (non-hydrogen) atoms. The van der Waals surface area contributed by atoms with Gasteiger partial charge in [0.1, 0.15) is 52.7 Å². The van der Waals surface area contributed by atoms with Gasteiger partial charge in [0.2, 0.25) is 11.6 Å². The molecular formula is C33H22F2N2O5. The molecular weight excluding hydrogens is 542 g/mol. The number of carbonyl (C=O) groups is 1. The third kappa shape index (κ3) is 5.02. The Morgan fingerprint density at radius 1 is 0.952 bits per heavy atom. The fourth-order valence-electron chi connectivity index (χ4n) is 4.89. The number of rotatable bonds is 6. The monoisotopic (exact) mass is 564 g/mol. The van der Waals surface area contributed by atoms with E-state index < -0.39 is 17.7 Å². The Morgan fingerprint density at radius 3 is 2.40 bits per heavy atom. The number of esters is 1. The Balaban J connectivity index is 1.24. The minimum Gasteiger partial charge on any atom is -0.489 e.